The maximum atomic E-state index is 13.2. The number of nitrogens with one attached hydrogen (secondary N) is 1. The van der Waals surface area contributed by atoms with Crippen molar-refractivity contribution in [3.63, 3.8) is 0 Å². The van der Waals surface area contributed by atoms with E-state index in [0.717, 1.165) is 17.5 Å². The second-order valence-electron chi connectivity index (χ2n) is 8.63. The summed E-state index contributed by atoms with van der Waals surface area (Å²) in [7, 11) is -3.51. The number of rotatable bonds is 3. The molecule has 6 nitrogen and oxygen atoms in total. The fourth-order valence-electron chi connectivity index (χ4n) is 4.82. The molecule has 0 bridgehead atoms. The molecule has 1 saturated heterocycles. The third-order valence-electron chi connectivity index (χ3n) is 6.66. The molecule has 5 rings (SSSR count). The smallest absolute Gasteiger partial charge is 0.243 e. The van der Waals surface area contributed by atoms with Gasteiger partial charge in [0.05, 0.1) is 4.90 Å². The van der Waals surface area contributed by atoms with Crippen LogP contribution in [0.4, 0.5) is 0 Å². The van der Waals surface area contributed by atoms with Gasteiger partial charge in [0.2, 0.25) is 15.9 Å². The number of hydrogen-bond acceptors (Lipinski definition) is 3. The average molecular weight is 438 g/mol. The normalized spacial score (nSPS) is 18.3. The molecule has 2 aliphatic rings. The van der Waals surface area contributed by atoms with Gasteiger partial charge in [-0.1, -0.05) is 35.9 Å². The lowest BCUT2D eigenvalue weighted by molar-refractivity contribution is -0.137. The molecule has 2 aromatic carbocycles. The summed E-state index contributed by atoms with van der Waals surface area (Å²) >= 11 is 0. The fourth-order valence-corrected chi connectivity index (χ4v) is 6.28. The van der Waals surface area contributed by atoms with Crippen LogP contribution in [-0.2, 0) is 27.8 Å². The van der Waals surface area contributed by atoms with E-state index in [4.69, 9.17) is 0 Å². The van der Waals surface area contributed by atoms with Gasteiger partial charge >= 0.3 is 0 Å². The first-order valence-electron chi connectivity index (χ1n) is 10.9. The van der Waals surface area contributed by atoms with E-state index in [2.05, 4.69) is 17.1 Å². The predicted molar refractivity (Wildman–Crippen MR) is 120 cm³/mol. The Balaban J connectivity index is 1.26. The molecular formula is C24H27N3O3S. The first kappa shape index (κ1) is 20.3. The number of aromatic amines is 1. The van der Waals surface area contributed by atoms with Crippen molar-refractivity contribution in [2.24, 2.45) is 5.92 Å². The van der Waals surface area contributed by atoms with Gasteiger partial charge in [0.1, 0.15) is 0 Å². The molecule has 1 aromatic heterocycles. The van der Waals surface area contributed by atoms with Crippen molar-refractivity contribution >= 4 is 26.8 Å². The third kappa shape index (κ3) is 3.66. The lowest BCUT2D eigenvalue weighted by Gasteiger charge is -2.35. The molecule has 0 spiro atoms. The Hall–Kier alpha value is -2.64. The molecule has 1 amide bonds. The van der Waals surface area contributed by atoms with E-state index < -0.39 is 10.0 Å². The molecule has 162 valence electrons. The summed E-state index contributed by atoms with van der Waals surface area (Å²) < 4.78 is 27.4. The number of aryl methyl sites for hydroxylation is 1. The van der Waals surface area contributed by atoms with Crippen LogP contribution in [-0.4, -0.2) is 48.1 Å². The van der Waals surface area contributed by atoms with E-state index in [9.17, 15) is 13.2 Å². The van der Waals surface area contributed by atoms with Gasteiger partial charge in [-0.05, 0) is 38.0 Å². The van der Waals surface area contributed by atoms with Crippen molar-refractivity contribution in [2.75, 3.05) is 19.6 Å². The van der Waals surface area contributed by atoms with E-state index in [1.165, 1.54) is 20.9 Å². The van der Waals surface area contributed by atoms with Gasteiger partial charge in [-0.3, -0.25) is 4.79 Å². The summed E-state index contributed by atoms with van der Waals surface area (Å²) in [6.07, 6.45) is 1.97. The predicted octanol–water partition coefficient (Wildman–Crippen LogP) is 3.46. The molecule has 31 heavy (non-hydrogen) atoms. The molecule has 0 saturated carbocycles. The van der Waals surface area contributed by atoms with Gasteiger partial charge in [0, 0.05) is 60.7 Å². The first-order valence-corrected chi connectivity index (χ1v) is 12.3. The molecule has 0 unspecified atom stereocenters. The number of carbonyl (C=O) groups excluding carboxylic acids is 1. The Morgan fingerprint density at radius 2 is 1.71 bits per heavy atom. The highest BCUT2D eigenvalue weighted by atomic mass is 32.2. The van der Waals surface area contributed by atoms with Gasteiger partial charge in [0.15, 0.2) is 0 Å². The minimum atomic E-state index is -3.51. The number of hydrogen-bond donors (Lipinski definition) is 1. The number of carbonyl (C=O) groups is 1. The van der Waals surface area contributed by atoms with Crippen molar-refractivity contribution in [1.82, 2.24) is 14.2 Å². The highest BCUT2D eigenvalue weighted by Gasteiger charge is 2.35. The summed E-state index contributed by atoms with van der Waals surface area (Å²) in [5.41, 5.74) is 4.60. The van der Waals surface area contributed by atoms with Crippen LogP contribution in [0.5, 0.6) is 0 Å². The molecule has 2 aliphatic heterocycles. The van der Waals surface area contributed by atoms with Crippen molar-refractivity contribution < 1.29 is 13.2 Å². The van der Waals surface area contributed by atoms with Gasteiger partial charge < -0.3 is 9.88 Å². The zero-order valence-electron chi connectivity index (χ0n) is 17.7. The van der Waals surface area contributed by atoms with E-state index in [1.54, 1.807) is 12.1 Å². The second-order valence-corrected chi connectivity index (χ2v) is 10.6. The monoisotopic (exact) mass is 437 g/mol. The minimum Gasteiger partial charge on any atom is -0.358 e. The van der Waals surface area contributed by atoms with Gasteiger partial charge in [0.25, 0.3) is 0 Å². The zero-order chi connectivity index (χ0) is 21.6. The van der Waals surface area contributed by atoms with Crippen LogP contribution < -0.4 is 0 Å². The molecule has 0 radical (unpaired) electrons. The van der Waals surface area contributed by atoms with Crippen LogP contribution in [0.3, 0.4) is 0 Å². The Bertz CT molecular complexity index is 1220. The number of fused-ring (bicyclic) bond motifs is 3. The summed E-state index contributed by atoms with van der Waals surface area (Å²) in [6, 6.07) is 15.2. The maximum absolute atomic E-state index is 13.2. The SMILES string of the molecule is Cc1ccc(S(=O)(=O)N2CCC(C(=O)N3CCc4[nH]c5ccccc5c4C3)CC2)cc1. The molecule has 1 fully saturated rings. The lowest BCUT2D eigenvalue weighted by Crippen LogP contribution is -2.45. The van der Waals surface area contributed by atoms with E-state index >= 15 is 0 Å². The van der Waals surface area contributed by atoms with E-state index in [-0.39, 0.29) is 11.8 Å². The average Bonchev–Trinajstić information content (AvgIpc) is 3.17. The van der Waals surface area contributed by atoms with Crippen molar-refractivity contribution in [2.45, 2.75) is 37.6 Å². The van der Waals surface area contributed by atoms with Gasteiger partial charge in [-0.2, -0.15) is 4.31 Å². The Morgan fingerprint density at radius 1 is 1.00 bits per heavy atom. The number of H-pyrrole nitrogens is 1. The number of piperidine rings is 1. The summed E-state index contributed by atoms with van der Waals surface area (Å²) in [6.45, 7) is 4.05. The van der Waals surface area contributed by atoms with Crippen LogP contribution in [0.25, 0.3) is 10.9 Å². The van der Waals surface area contributed by atoms with E-state index in [0.29, 0.717) is 43.9 Å². The number of sulfonamides is 1. The van der Waals surface area contributed by atoms with Crippen LogP contribution in [0.2, 0.25) is 0 Å². The van der Waals surface area contributed by atoms with Crippen LogP contribution in [0.15, 0.2) is 53.4 Å². The summed E-state index contributed by atoms with van der Waals surface area (Å²) in [5, 5.41) is 1.19. The quantitative estimate of drug-likeness (QED) is 0.682. The topological polar surface area (TPSA) is 73.5 Å². The standard InChI is InChI=1S/C24H27N3O3S/c1-17-6-8-19(9-7-17)31(29,30)27-14-10-18(11-15-27)24(28)26-13-12-23-21(16-26)20-4-2-3-5-22(20)25-23/h2-9,18,25H,10-16H2,1H3. The zero-order valence-corrected chi connectivity index (χ0v) is 18.5. The third-order valence-corrected chi connectivity index (χ3v) is 8.57. The number of aromatic nitrogens is 1. The Morgan fingerprint density at radius 3 is 2.45 bits per heavy atom. The molecule has 7 heteroatoms. The molecular weight excluding hydrogens is 410 g/mol. The number of benzene rings is 2. The van der Waals surface area contributed by atoms with Crippen molar-refractivity contribution in [1.29, 1.82) is 0 Å². The van der Waals surface area contributed by atoms with Crippen molar-refractivity contribution in [3.8, 4) is 0 Å². The Kier molecular flexibility index (Phi) is 5.10. The summed E-state index contributed by atoms with van der Waals surface area (Å²) in [5.74, 6) is 0.0412. The van der Waals surface area contributed by atoms with Crippen LogP contribution in [0.1, 0.15) is 29.7 Å². The van der Waals surface area contributed by atoms with E-state index in [1.807, 2.05) is 36.1 Å². The molecule has 0 atom stereocenters. The van der Waals surface area contributed by atoms with Crippen LogP contribution in [0, 0.1) is 12.8 Å². The molecule has 3 heterocycles. The van der Waals surface area contributed by atoms with Crippen LogP contribution >= 0.6 is 0 Å². The highest BCUT2D eigenvalue weighted by Crippen LogP contribution is 2.30. The number of amides is 1. The van der Waals surface area contributed by atoms with Gasteiger partial charge in [-0.25, -0.2) is 8.42 Å². The van der Waals surface area contributed by atoms with Gasteiger partial charge in [-0.15, -0.1) is 0 Å². The summed E-state index contributed by atoms with van der Waals surface area (Å²) in [4.78, 5) is 19.0. The minimum absolute atomic E-state index is 0.115. The number of nitrogens with zero attached hydrogens (tertiary/aromatic N) is 2. The fraction of sp³-hybridized carbons (Fsp3) is 0.375. The highest BCUT2D eigenvalue weighted by molar-refractivity contribution is 7.89. The molecule has 0 aliphatic carbocycles. The maximum Gasteiger partial charge on any atom is 0.243 e. The Labute approximate surface area is 182 Å². The molecule has 1 N–H and O–H groups in total. The largest absolute Gasteiger partial charge is 0.358 e. The number of para-hydroxylation sites is 1. The molecule has 3 aromatic rings. The first-order chi connectivity index (χ1) is 14.9. The van der Waals surface area contributed by atoms with Crippen molar-refractivity contribution in [3.05, 3.63) is 65.4 Å². The lowest BCUT2D eigenvalue weighted by atomic mass is 9.95. The second kappa shape index (κ2) is 7.80.